The van der Waals surface area contributed by atoms with E-state index in [9.17, 15) is 10.1 Å². The van der Waals surface area contributed by atoms with Gasteiger partial charge in [-0.25, -0.2) is 0 Å². The molecule has 1 N–H and O–H groups in total. The Hall–Kier alpha value is -2.10. The number of dihydropyridines is 1. The first kappa shape index (κ1) is 9.45. The lowest BCUT2D eigenvalue weighted by Crippen LogP contribution is -2.08. The van der Waals surface area contributed by atoms with Gasteiger partial charge in [-0.2, -0.15) is 0 Å². The molecule has 0 saturated heterocycles. The van der Waals surface area contributed by atoms with Crippen LogP contribution in [0.4, 0.5) is 5.69 Å². The average molecular weight is 202 g/mol. The maximum Gasteiger partial charge on any atom is 0.269 e. The molecule has 76 valence electrons. The van der Waals surface area contributed by atoms with Crippen molar-refractivity contribution in [3.8, 4) is 0 Å². The molecule has 0 spiro atoms. The Balaban J connectivity index is 2.27. The second-order valence-corrected chi connectivity index (χ2v) is 3.21. The molecule has 0 aliphatic carbocycles. The molecule has 1 aromatic carbocycles. The minimum atomic E-state index is -0.392. The molecule has 4 heteroatoms. The van der Waals surface area contributed by atoms with Crippen LogP contribution in [-0.4, -0.2) is 11.5 Å². The number of hydrogen-bond acceptors (Lipinski definition) is 3. The number of rotatable bonds is 2. The van der Waals surface area contributed by atoms with Crippen molar-refractivity contribution in [3.05, 3.63) is 58.3 Å². The van der Waals surface area contributed by atoms with E-state index in [1.54, 1.807) is 12.1 Å². The van der Waals surface area contributed by atoms with Gasteiger partial charge in [-0.15, -0.1) is 0 Å². The predicted octanol–water partition coefficient (Wildman–Crippen LogP) is 2.10. The topological polar surface area (TPSA) is 55.2 Å². The van der Waals surface area contributed by atoms with Crippen LogP contribution in [-0.2, 0) is 0 Å². The van der Waals surface area contributed by atoms with Crippen LogP contribution in [0.15, 0.2) is 42.6 Å². The van der Waals surface area contributed by atoms with Crippen molar-refractivity contribution in [2.24, 2.45) is 0 Å². The van der Waals surface area contributed by atoms with Gasteiger partial charge in [0.1, 0.15) is 0 Å². The van der Waals surface area contributed by atoms with Gasteiger partial charge in [0.2, 0.25) is 0 Å². The van der Waals surface area contributed by atoms with Crippen molar-refractivity contribution in [1.82, 2.24) is 5.32 Å². The van der Waals surface area contributed by atoms with Crippen LogP contribution in [0.25, 0.3) is 5.57 Å². The maximum absolute atomic E-state index is 10.5. The van der Waals surface area contributed by atoms with E-state index in [4.69, 9.17) is 0 Å². The number of nitrogens with one attached hydrogen (secondary N) is 1. The van der Waals surface area contributed by atoms with E-state index < -0.39 is 4.92 Å². The summed E-state index contributed by atoms with van der Waals surface area (Å²) in [7, 11) is 0. The molecule has 0 saturated carbocycles. The minimum absolute atomic E-state index is 0.122. The summed E-state index contributed by atoms with van der Waals surface area (Å²) in [6.45, 7) is 0.794. The highest BCUT2D eigenvalue weighted by molar-refractivity contribution is 5.75. The lowest BCUT2D eigenvalue weighted by molar-refractivity contribution is -0.384. The largest absolute Gasteiger partial charge is 0.387 e. The minimum Gasteiger partial charge on any atom is -0.387 e. The second-order valence-electron chi connectivity index (χ2n) is 3.21. The molecule has 0 bridgehead atoms. The molecule has 0 fully saturated rings. The van der Waals surface area contributed by atoms with Gasteiger partial charge in [-0.1, -0.05) is 6.08 Å². The highest BCUT2D eigenvalue weighted by atomic mass is 16.6. The summed E-state index contributed by atoms with van der Waals surface area (Å²) in [5, 5.41) is 13.5. The van der Waals surface area contributed by atoms with Crippen LogP contribution in [0.5, 0.6) is 0 Å². The number of hydrogen-bond donors (Lipinski definition) is 1. The molecule has 0 unspecified atom stereocenters. The first-order valence-corrected chi connectivity index (χ1v) is 4.62. The monoisotopic (exact) mass is 202 g/mol. The number of non-ortho nitro benzene ring substituents is 1. The van der Waals surface area contributed by atoms with Crippen LogP contribution < -0.4 is 5.32 Å². The summed E-state index contributed by atoms with van der Waals surface area (Å²) in [6, 6.07) is 6.57. The van der Waals surface area contributed by atoms with Crippen molar-refractivity contribution in [2.45, 2.75) is 0 Å². The molecule has 0 atom stereocenters. The molecule has 1 heterocycles. The molecule has 1 aromatic rings. The zero-order valence-corrected chi connectivity index (χ0v) is 8.01. The average Bonchev–Trinajstić information content (AvgIpc) is 2.30. The number of nitrogens with zero attached hydrogens (tertiary/aromatic N) is 1. The van der Waals surface area contributed by atoms with Gasteiger partial charge in [0.15, 0.2) is 0 Å². The normalized spacial score (nSPS) is 14.3. The number of nitro groups is 1. The lowest BCUT2D eigenvalue weighted by atomic mass is 10.0. The fourth-order valence-corrected chi connectivity index (χ4v) is 1.44. The highest BCUT2D eigenvalue weighted by Crippen LogP contribution is 2.20. The van der Waals surface area contributed by atoms with Crippen molar-refractivity contribution in [3.63, 3.8) is 0 Å². The molecule has 0 radical (unpaired) electrons. The predicted molar refractivity (Wildman–Crippen MR) is 58.2 cm³/mol. The Kier molecular flexibility index (Phi) is 2.49. The molecule has 0 aromatic heterocycles. The van der Waals surface area contributed by atoms with Crippen molar-refractivity contribution < 1.29 is 4.92 Å². The molecule has 15 heavy (non-hydrogen) atoms. The third-order valence-corrected chi connectivity index (χ3v) is 2.23. The van der Waals surface area contributed by atoms with Gasteiger partial charge in [0.05, 0.1) is 4.92 Å². The third kappa shape index (κ3) is 2.04. The van der Waals surface area contributed by atoms with Crippen LogP contribution in [0.2, 0.25) is 0 Å². The van der Waals surface area contributed by atoms with E-state index in [1.165, 1.54) is 12.1 Å². The molecule has 0 amide bonds. The third-order valence-electron chi connectivity index (χ3n) is 2.23. The van der Waals surface area contributed by atoms with E-state index in [0.29, 0.717) is 0 Å². The van der Waals surface area contributed by atoms with Gasteiger partial charge in [-0.05, 0) is 35.5 Å². The summed E-state index contributed by atoms with van der Waals surface area (Å²) in [4.78, 5) is 10.1. The van der Waals surface area contributed by atoms with Gasteiger partial charge >= 0.3 is 0 Å². The second kappa shape index (κ2) is 3.96. The lowest BCUT2D eigenvalue weighted by Gasteiger charge is -2.07. The fourth-order valence-electron chi connectivity index (χ4n) is 1.44. The standard InChI is InChI=1S/C11H10N2O2/c14-13(15)11-3-1-9(2-4-11)10-5-7-12-8-6-10/h1-7,12H,8H2. The van der Waals surface area contributed by atoms with Crippen LogP contribution in [0, 0.1) is 10.1 Å². The van der Waals surface area contributed by atoms with Crippen LogP contribution in [0.1, 0.15) is 5.56 Å². The molecule has 1 aliphatic heterocycles. The summed E-state index contributed by atoms with van der Waals surface area (Å²) >= 11 is 0. The van der Waals surface area contributed by atoms with E-state index in [-0.39, 0.29) is 5.69 Å². The zero-order valence-electron chi connectivity index (χ0n) is 8.01. The Bertz CT molecular complexity index is 432. The summed E-state index contributed by atoms with van der Waals surface area (Å²) in [6.07, 6.45) is 5.86. The molecular formula is C11H10N2O2. The van der Waals surface area contributed by atoms with Gasteiger partial charge in [0.25, 0.3) is 5.69 Å². The molecule has 2 rings (SSSR count). The molecular weight excluding hydrogens is 192 g/mol. The number of benzene rings is 1. The first-order valence-electron chi connectivity index (χ1n) is 4.62. The zero-order chi connectivity index (χ0) is 10.7. The highest BCUT2D eigenvalue weighted by Gasteiger charge is 2.05. The van der Waals surface area contributed by atoms with Gasteiger partial charge < -0.3 is 5.32 Å². The van der Waals surface area contributed by atoms with Crippen LogP contribution >= 0.6 is 0 Å². The first-order chi connectivity index (χ1) is 7.27. The number of nitro benzene ring substituents is 1. The van der Waals surface area contributed by atoms with E-state index >= 15 is 0 Å². The van der Waals surface area contributed by atoms with Crippen LogP contribution in [0.3, 0.4) is 0 Å². The van der Waals surface area contributed by atoms with Gasteiger partial charge in [0, 0.05) is 18.7 Å². The Morgan fingerprint density at radius 1 is 1.27 bits per heavy atom. The van der Waals surface area contributed by atoms with Crippen molar-refractivity contribution >= 4 is 11.3 Å². The van der Waals surface area contributed by atoms with E-state index in [2.05, 4.69) is 5.32 Å². The quantitative estimate of drug-likeness (QED) is 0.590. The maximum atomic E-state index is 10.5. The Morgan fingerprint density at radius 3 is 2.53 bits per heavy atom. The van der Waals surface area contributed by atoms with Gasteiger partial charge in [-0.3, -0.25) is 10.1 Å². The SMILES string of the molecule is O=[N+]([O-])c1ccc(C2=CCNC=C2)cc1. The Labute approximate surface area is 87.1 Å². The summed E-state index contributed by atoms with van der Waals surface area (Å²) in [5.41, 5.74) is 2.21. The summed E-state index contributed by atoms with van der Waals surface area (Å²) < 4.78 is 0. The summed E-state index contributed by atoms with van der Waals surface area (Å²) in [5.74, 6) is 0. The fraction of sp³-hybridized carbons (Fsp3) is 0.0909. The van der Waals surface area contributed by atoms with Crippen molar-refractivity contribution in [2.75, 3.05) is 6.54 Å². The van der Waals surface area contributed by atoms with Crippen molar-refractivity contribution in [1.29, 1.82) is 0 Å². The Morgan fingerprint density at radius 2 is 2.00 bits per heavy atom. The van der Waals surface area contributed by atoms with E-state index in [0.717, 1.165) is 17.7 Å². The molecule has 1 aliphatic rings. The molecule has 4 nitrogen and oxygen atoms in total. The van der Waals surface area contributed by atoms with E-state index in [1.807, 2.05) is 18.4 Å². The number of allylic oxidation sites excluding steroid dienone is 2. The smallest absolute Gasteiger partial charge is 0.269 e.